The molecule has 10 heteroatoms. The fraction of sp³-hybridized carbons (Fsp3) is 0.310. The molecule has 0 bridgehead atoms. The lowest BCUT2D eigenvalue weighted by Crippen LogP contribution is -2.53. The Labute approximate surface area is 222 Å². The second-order valence-corrected chi connectivity index (χ2v) is 10.5. The van der Waals surface area contributed by atoms with E-state index in [-0.39, 0.29) is 5.56 Å². The molecular formula is C29H28F3N3O4. The van der Waals surface area contributed by atoms with Crippen molar-refractivity contribution in [2.24, 2.45) is 0 Å². The summed E-state index contributed by atoms with van der Waals surface area (Å²) in [6.07, 6.45) is -3.31. The molecule has 3 N–H and O–H groups in total. The van der Waals surface area contributed by atoms with Crippen LogP contribution < -0.4 is 10.1 Å². The van der Waals surface area contributed by atoms with E-state index in [1.54, 1.807) is 56.3 Å². The van der Waals surface area contributed by atoms with Crippen LogP contribution in [0.1, 0.15) is 41.8 Å². The van der Waals surface area contributed by atoms with E-state index in [1.807, 2.05) is 6.07 Å². The maximum atomic E-state index is 14.4. The molecule has 0 fully saturated rings. The molecule has 0 saturated carbocycles. The topological polar surface area (TPSA) is 96.6 Å². The summed E-state index contributed by atoms with van der Waals surface area (Å²) in [5.41, 5.74) is -1.02. The summed E-state index contributed by atoms with van der Waals surface area (Å²) < 4.78 is 50.4. The van der Waals surface area contributed by atoms with Crippen LogP contribution in [0.4, 0.5) is 18.9 Å². The number of rotatable bonds is 8. The minimum absolute atomic E-state index is 0.0812. The number of hydrogen-bond donors (Lipinski definition) is 3. The first kappa shape index (κ1) is 26.6. The average Bonchev–Trinajstić information content (AvgIpc) is 3.54. The van der Waals surface area contributed by atoms with E-state index in [0.717, 1.165) is 5.56 Å². The zero-order valence-corrected chi connectivity index (χ0v) is 21.4. The van der Waals surface area contributed by atoms with Crippen molar-refractivity contribution in [2.75, 3.05) is 18.5 Å². The van der Waals surface area contributed by atoms with E-state index in [0.29, 0.717) is 46.6 Å². The van der Waals surface area contributed by atoms with Crippen molar-refractivity contribution < 1.29 is 32.9 Å². The molecule has 4 aromatic rings. The van der Waals surface area contributed by atoms with Crippen LogP contribution in [-0.2, 0) is 11.8 Å². The van der Waals surface area contributed by atoms with Crippen LogP contribution in [0.2, 0.25) is 0 Å². The third kappa shape index (κ3) is 4.92. The summed E-state index contributed by atoms with van der Waals surface area (Å²) in [5, 5.41) is 28.1. The predicted molar refractivity (Wildman–Crippen MR) is 141 cm³/mol. The summed E-state index contributed by atoms with van der Waals surface area (Å²) >= 11 is 0. The molecule has 5 rings (SSSR count). The number of aromatic nitrogens is 2. The first-order chi connectivity index (χ1) is 18.4. The lowest BCUT2D eigenvalue weighted by Gasteiger charge is -2.38. The summed E-state index contributed by atoms with van der Waals surface area (Å²) in [7, 11) is 0. The zero-order chi connectivity index (χ0) is 28.0. The number of para-hydroxylation sites is 1. The molecule has 3 aromatic carbocycles. The van der Waals surface area contributed by atoms with Gasteiger partial charge in [0.1, 0.15) is 5.75 Å². The van der Waals surface area contributed by atoms with Gasteiger partial charge in [0.2, 0.25) is 0 Å². The Morgan fingerprint density at radius 1 is 1.10 bits per heavy atom. The monoisotopic (exact) mass is 539 g/mol. The second-order valence-electron chi connectivity index (χ2n) is 10.5. The highest BCUT2D eigenvalue weighted by Gasteiger charge is 2.56. The van der Waals surface area contributed by atoms with Crippen molar-refractivity contribution in [3.05, 3.63) is 83.6 Å². The molecule has 0 radical (unpaired) electrons. The molecule has 2 heterocycles. The number of alkyl halides is 3. The molecule has 0 saturated heterocycles. The normalized spacial score (nSPS) is 15.0. The van der Waals surface area contributed by atoms with Crippen molar-refractivity contribution in [3.8, 4) is 11.4 Å². The van der Waals surface area contributed by atoms with Crippen LogP contribution in [-0.4, -0.2) is 50.9 Å². The molecule has 1 aliphatic rings. The van der Waals surface area contributed by atoms with Gasteiger partial charge in [-0.15, -0.1) is 0 Å². The van der Waals surface area contributed by atoms with Gasteiger partial charge in [0.25, 0.3) is 0 Å². The maximum absolute atomic E-state index is 14.4. The molecule has 0 aliphatic carbocycles. The highest BCUT2D eigenvalue weighted by Crippen LogP contribution is 2.45. The van der Waals surface area contributed by atoms with Crippen LogP contribution in [0.3, 0.4) is 0 Å². The van der Waals surface area contributed by atoms with Gasteiger partial charge in [0, 0.05) is 23.1 Å². The van der Waals surface area contributed by atoms with Crippen LogP contribution in [0, 0.1) is 0 Å². The number of benzene rings is 3. The number of hydrogen-bond acceptors (Lipinski definition) is 5. The molecule has 0 amide bonds. The summed E-state index contributed by atoms with van der Waals surface area (Å²) in [5.74, 6) is -0.485. The van der Waals surface area contributed by atoms with Crippen molar-refractivity contribution in [1.29, 1.82) is 0 Å². The quantitative estimate of drug-likeness (QED) is 0.265. The Hall–Kier alpha value is -4.05. The van der Waals surface area contributed by atoms with Gasteiger partial charge in [-0.05, 0) is 47.7 Å². The van der Waals surface area contributed by atoms with E-state index in [4.69, 9.17) is 4.74 Å². The van der Waals surface area contributed by atoms with Gasteiger partial charge in [-0.2, -0.15) is 18.3 Å². The molecule has 39 heavy (non-hydrogen) atoms. The lowest BCUT2D eigenvalue weighted by atomic mass is 9.74. The van der Waals surface area contributed by atoms with Gasteiger partial charge in [-0.3, -0.25) is 0 Å². The van der Waals surface area contributed by atoms with Crippen LogP contribution >= 0.6 is 0 Å². The number of nitrogens with zero attached hydrogens (tertiary/aromatic N) is 2. The van der Waals surface area contributed by atoms with Gasteiger partial charge in [0.05, 0.1) is 36.1 Å². The van der Waals surface area contributed by atoms with Gasteiger partial charge in [0.15, 0.2) is 5.60 Å². The smallest absolute Gasteiger partial charge is 0.418 e. The first-order valence-electron chi connectivity index (χ1n) is 12.5. The molecule has 204 valence electrons. The molecular weight excluding hydrogens is 511 g/mol. The molecule has 1 unspecified atom stereocenters. The largest absolute Gasteiger partial charge is 0.493 e. The highest BCUT2D eigenvalue weighted by atomic mass is 19.4. The Kier molecular flexibility index (Phi) is 6.54. The maximum Gasteiger partial charge on any atom is 0.418 e. The Bertz CT molecular complexity index is 1550. The molecule has 0 spiro atoms. The third-order valence-corrected chi connectivity index (χ3v) is 7.23. The SMILES string of the molecule is CC(C)(CC(O)(CNc1cccc2c1cnn2-c1cccc(C(=O)O)c1)C(F)(F)F)c1cccc2c1OCC2. The number of nitrogens with one attached hydrogen (secondary N) is 1. The summed E-state index contributed by atoms with van der Waals surface area (Å²) in [4.78, 5) is 11.4. The fourth-order valence-electron chi connectivity index (χ4n) is 5.26. The first-order valence-corrected chi connectivity index (χ1v) is 12.5. The lowest BCUT2D eigenvalue weighted by molar-refractivity contribution is -0.260. The minimum atomic E-state index is -4.91. The third-order valence-electron chi connectivity index (χ3n) is 7.23. The minimum Gasteiger partial charge on any atom is -0.493 e. The van der Waals surface area contributed by atoms with E-state index in [9.17, 15) is 28.2 Å². The molecule has 7 nitrogen and oxygen atoms in total. The van der Waals surface area contributed by atoms with Crippen molar-refractivity contribution in [1.82, 2.24) is 9.78 Å². The van der Waals surface area contributed by atoms with Gasteiger partial charge >= 0.3 is 12.1 Å². The second kappa shape index (κ2) is 9.60. The Morgan fingerprint density at radius 3 is 2.59 bits per heavy atom. The number of carboxylic acid groups (broad SMARTS) is 1. The van der Waals surface area contributed by atoms with Crippen molar-refractivity contribution in [2.45, 2.75) is 43.9 Å². The standard InChI is InChI=1S/C29H28F3N3O4/c1-27(2,22-9-4-6-18-12-13-39-25(18)22)16-28(38,29(30,31)32)17-33-23-10-5-11-24-21(23)15-34-35(24)20-8-3-7-19(14-20)26(36)37/h3-11,14-15,33,38H,12-13,16-17H2,1-2H3,(H,36,37). The van der Waals surface area contributed by atoms with Gasteiger partial charge in [-0.1, -0.05) is 44.2 Å². The molecule has 1 aromatic heterocycles. The van der Waals surface area contributed by atoms with Crippen molar-refractivity contribution >= 4 is 22.6 Å². The molecule has 1 atom stereocenters. The predicted octanol–water partition coefficient (Wildman–Crippen LogP) is 5.73. The number of anilines is 1. The fourth-order valence-corrected chi connectivity index (χ4v) is 5.26. The van der Waals surface area contributed by atoms with Gasteiger partial charge < -0.3 is 20.3 Å². The zero-order valence-electron chi connectivity index (χ0n) is 21.4. The van der Waals surface area contributed by atoms with E-state index in [1.165, 1.54) is 23.0 Å². The number of aliphatic hydroxyl groups is 1. The summed E-state index contributed by atoms with van der Waals surface area (Å²) in [6.45, 7) is 3.05. The molecule has 1 aliphatic heterocycles. The van der Waals surface area contributed by atoms with Crippen LogP contribution in [0.25, 0.3) is 16.6 Å². The summed E-state index contributed by atoms with van der Waals surface area (Å²) in [6, 6.07) is 16.7. The van der Waals surface area contributed by atoms with E-state index in [2.05, 4.69) is 10.4 Å². The number of fused-ring (bicyclic) bond motifs is 2. The number of halogens is 3. The Balaban J connectivity index is 1.44. The Morgan fingerprint density at radius 2 is 1.85 bits per heavy atom. The van der Waals surface area contributed by atoms with Crippen molar-refractivity contribution in [3.63, 3.8) is 0 Å². The number of carboxylic acids is 1. The number of aromatic carboxylic acids is 1. The number of ether oxygens (including phenoxy) is 1. The number of carbonyl (C=O) groups is 1. The highest BCUT2D eigenvalue weighted by molar-refractivity contribution is 5.93. The van der Waals surface area contributed by atoms with Crippen LogP contribution in [0.15, 0.2) is 66.9 Å². The van der Waals surface area contributed by atoms with Gasteiger partial charge in [-0.25, -0.2) is 9.48 Å². The average molecular weight is 540 g/mol. The van der Waals surface area contributed by atoms with Crippen LogP contribution in [0.5, 0.6) is 5.75 Å². The van der Waals surface area contributed by atoms with E-state index >= 15 is 0 Å². The van der Waals surface area contributed by atoms with E-state index < -0.39 is 36.1 Å².